The fourth-order valence-electron chi connectivity index (χ4n) is 4.14. The summed E-state index contributed by atoms with van der Waals surface area (Å²) in [6.07, 6.45) is 1.70. The number of carboxylic acid groups (broad SMARTS) is 1. The van der Waals surface area contributed by atoms with Gasteiger partial charge in [-0.3, -0.25) is 9.36 Å². The first-order valence-corrected chi connectivity index (χ1v) is 13.3. The molecule has 0 bridgehead atoms. The van der Waals surface area contributed by atoms with Crippen LogP contribution in [0.2, 0.25) is 0 Å². The van der Waals surface area contributed by atoms with Crippen molar-refractivity contribution in [2.45, 2.75) is 19.9 Å². The van der Waals surface area contributed by atoms with Crippen molar-refractivity contribution in [3.05, 3.63) is 83.0 Å². The normalized spacial score (nSPS) is 14.9. The summed E-state index contributed by atoms with van der Waals surface area (Å²) >= 11 is 4.57. The molecule has 39 heavy (non-hydrogen) atoms. The van der Waals surface area contributed by atoms with E-state index in [9.17, 15) is 14.4 Å². The number of aromatic nitrogens is 1. The molecule has 0 fully saturated rings. The van der Waals surface area contributed by atoms with E-state index in [2.05, 4.69) is 20.9 Å². The van der Waals surface area contributed by atoms with E-state index in [4.69, 9.17) is 24.1 Å². The molecule has 0 spiro atoms. The summed E-state index contributed by atoms with van der Waals surface area (Å²) in [4.78, 5) is 42.8. The van der Waals surface area contributed by atoms with Crippen LogP contribution in [-0.2, 0) is 14.3 Å². The maximum Gasteiger partial charge on any atom is 0.341 e. The van der Waals surface area contributed by atoms with Crippen LogP contribution in [0.5, 0.6) is 17.2 Å². The van der Waals surface area contributed by atoms with E-state index in [1.807, 2.05) is 0 Å². The Bertz CT molecular complexity index is 1660. The first kappa shape index (κ1) is 28.1. The SMILES string of the molecule is CCOC(=O)C1=C(C)N=c2s/c(=C/c3ccc(OCC(=O)O)c(Br)c3)c(=O)n2[C@H]1c1ccc(OC)cc1OC. The molecule has 0 aliphatic carbocycles. The van der Waals surface area contributed by atoms with Gasteiger partial charge in [0.25, 0.3) is 5.56 Å². The van der Waals surface area contributed by atoms with E-state index in [0.717, 1.165) is 0 Å². The Kier molecular flexibility index (Phi) is 8.56. The predicted molar refractivity (Wildman–Crippen MR) is 147 cm³/mol. The minimum atomic E-state index is -1.09. The molecule has 204 valence electrons. The molecule has 1 atom stereocenters. The fraction of sp³-hybridized carbons (Fsp3) is 0.259. The third kappa shape index (κ3) is 5.76. The smallest absolute Gasteiger partial charge is 0.341 e. The number of aliphatic carboxylic acids is 1. The van der Waals surface area contributed by atoms with Crippen LogP contribution >= 0.6 is 27.3 Å². The molecule has 0 amide bonds. The molecule has 12 heteroatoms. The van der Waals surface area contributed by atoms with Gasteiger partial charge in [-0.25, -0.2) is 14.6 Å². The van der Waals surface area contributed by atoms with Gasteiger partial charge in [-0.1, -0.05) is 17.4 Å². The Morgan fingerprint density at radius 3 is 2.56 bits per heavy atom. The Hall–Kier alpha value is -3.90. The van der Waals surface area contributed by atoms with Crippen molar-refractivity contribution >= 4 is 45.3 Å². The number of halogens is 1. The zero-order chi connectivity index (χ0) is 28.3. The van der Waals surface area contributed by atoms with Gasteiger partial charge < -0.3 is 24.1 Å². The van der Waals surface area contributed by atoms with Crippen molar-refractivity contribution in [3.8, 4) is 17.2 Å². The quantitative estimate of drug-likeness (QED) is 0.364. The first-order chi connectivity index (χ1) is 18.7. The Balaban J connectivity index is 1.89. The molecule has 0 radical (unpaired) electrons. The van der Waals surface area contributed by atoms with Crippen LogP contribution in [0.4, 0.5) is 0 Å². The highest BCUT2D eigenvalue weighted by molar-refractivity contribution is 9.10. The second kappa shape index (κ2) is 11.9. The lowest BCUT2D eigenvalue weighted by Gasteiger charge is -2.26. The summed E-state index contributed by atoms with van der Waals surface area (Å²) in [6, 6.07) is 9.37. The molecule has 0 saturated heterocycles. The van der Waals surface area contributed by atoms with Gasteiger partial charge in [0.05, 0.1) is 41.1 Å². The van der Waals surface area contributed by atoms with Gasteiger partial charge in [-0.2, -0.15) is 0 Å². The summed E-state index contributed by atoms with van der Waals surface area (Å²) in [6.45, 7) is 3.10. The average Bonchev–Trinajstić information content (AvgIpc) is 3.21. The van der Waals surface area contributed by atoms with Crippen LogP contribution in [0.3, 0.4) is 0 Å². The van der Waals surface area contributed by atoms with Gasteiger partial charge >= 0.3 is 11.9 Å². The van der Waals surface area contributed by atoms with Crippen molar-refractivity contribution in [2.24, 2.45) is 4.99 Å². The number of methoxy groups -OCH3 is 2. The minimum absolute atomic E-state index is 0.160. The maximum atomic E-state index is 13.8. The van der Waals surface area contributed by atoms with E-state index < -0.39 is 24.6 Å². The van der Waals surface area contributed by atoms with Gasteiger partial charge in [-0.05, 0) is 65.7 Å². The molecule has 1 aliphatic heterocycles. The maximum absolute atomic E-state index is 13.8. The van der Waals surface area contributed by atoms with Crippen molar-refractivity contribution in [1.82, 2.24) is 4.57 Å². The van der Waals surface area contributed by atoms with E-state index in [0.29, 0.717) is 47.9 Å². The minimum Gasteiger partial charge on any atom is -0.497 e. The number of carbonyl (C=O) groups is 2. The number of thiazole rings is 1. The summed E-state index contributed by atoms with van der Waals surface area (Å²) < 4.78 is 23.9. The molecule has 0 unspecified atom stereocenters. The lowest BCUT2D eigenvalue weighted by Crippen LogP contribution is -2.40. The number of hydrogen-bond donors (Lipinski definition) is 1. The molecular weight excluding hydrogens is 592 g/mol. The number of carbonyl (C=O) groups excluding carboxylic acids is 1. The predicted octanol–water partition coefficient (Wildman–Crippen LogP) is 3.04. The standard InChI is InChI=1S/C27H25BrN2O8S/c1-5-37-26(34)23-14(2)29-27-30(24(23)17-8-7-16(35-3)12-20(17)36-4)25(33)21(39-27)11-15-6-9-19(18(28)10-15)38-13-22(31)32/h6-12,24H,5,13H2,1-4H3,(H,31,32)/b21-11+/t24-/m0/s1. The molecule has 1 aromatic heterocycles. The fourth-order valence-corrected chi connectivity index (χ4v) is 5.70. The summed E-state index contributed by atoms with van der Waals surface area (Å²) in [7, 11) is 3.04. The van der Waals surface area contributed by atoms with Crippen LogP contribution in [0.15, 0.2) is 61.9 Å². The summed E-state index contributed by atoms with van der Waals surface area (Å²) in [5, 5.41) is 8.85. The van der Waals surface area contributed by atoms with Gasteiger partial charge in [0, 0.05) is 11.6 Å². The van der Waals surface area contributed by atoms with Crippen molar-refractivity contribution in [3.63, 3.8) is 0 Å². The monoisotopic (exact) mass is 616 g/mol. The lowest BCUT2D eigenvalue weighted by molar-refractivity contribution is -0.140. The number of ether oxygens (including phenoxy) is 4. The second-order valence-electron chi connectivity index (χ2n) is 8.28. The van der Waals surface area contributed by atoms with Crippen LogP contribution in [0.25, 0.3) is 6.08 Å². The highest BCUT2D eigenvalue weighted by Gasteiger charge is 2.35. The van der Waals surface area contributed by atoms with E-state index in [-0.39, 0.29) is 17.7 Å². The molecule has 2 aromatic carbocycles. The molecule has 3 aromatic rings. The second-order valence-corrected chi connectivity index (χ2v) is 10.1. The zero-order valence-corrected chi connectivity index (χ0v) is 23.9. The number of allylic oxidation sites excluding steroid dienone is 1. The van der Waals surface area contributed by atoms with Crippen LogP contribution in [0, 0.1) is 0 Å². The van der Waals surface area contributed by atoms with Crippen molar-refractivity contribution in [2.75, 3.05) is 27.4 Å². The van der Waals surface area contributed by atoms with Gasteiger partial charge in [0.15, 0.2) is 11.4 Å². The first-order valence-electron chi connectivity index (χ1n) is 11.7. The molecule has 10 nitrogen and oxygen atoms in total. The van der Waals surface area contributed by atoms with Gasteiger partial charge in [-0.15, -0.1) is 0 Å². The van der Waals surface area contributed by atoms with Crippen LogP contribution < -0.4 is 29.1 Å². The number of fused-ring (bicyclic) bond motifs is 1. The Morgan fingerprint density at radius 2 is 1.92 bits per heavy atom. The summed E-state index contributed by atoms with van der Waals surface area (Å²) in [5.74, 6) is -0.309. The molecular formula is C27H25BrN2O8S. The Labute approximate surface area is 235 Å². The van der Waals surface area contributed by atoms with Crippen molar-refractivity contribution < 1.29 is 33.6 Å². The van der Waals surface area contributed by atoms with Crippen LogP contribution in [0.1, 0.15) is 31.0 Å². The molecule has 0 saturated carbocycles. The number of nitrogens with zero attached hydrogens (tertiary/aromatic N) is 2. The molecule has 1 aliphatic rings. The highest BCUT2D eigenvalue weighted by Crippen LogP contribution is 2.37. The van der Waals surface area contributed by atoms with Crippen LogP contribution in [-0.4, -0.2) is 49.0 Å². The largest absolute Gasteiger partial charge is 0.497 e. The number of hydrogen-bond acceptors (Lipinski definition) is 9. The van der Waals surface area contributed by atoms with E-state index >= 15 is 0 Å². The third-order valence-corrected chi connectivity index (χ3v) is 7.46. The highest BCUT2D eigenvalue weighted by atomic mass is 79.9. The van der Waals surface area contributed by atoms with E-state index in [1.54, 1.807) is 56.3 Å². The third-order valence-electron chi connectivity index (χ3n) is 5.86. The number of esters is 1. The topological polar surface area (TPSA) is 126 Å². The Morgan fingerprint density at radius 1 is 1.15 bits per heavy atom. The van der Waals surface area contributed by atoms with Gasteiger partial charge in [0.1, 0.15) is 23.3 Å². The average molecular weight is 617 g/mol. The number of benzene rings is 2. The van der Waals surface area contributed by atoms with Gasteiger partial charge in [0.2, 0.25) is 0 Å². The molecule has 2 heterocycles. The van der Waals surface area contributed by atoms with Crippen molar-refractivity contribution in [1.29, 1.82) is 0 Å². The summed E-state index contributed by atoms with van der Waals surface area (Å²) in [5.41, 5.74) is 1.58. The zero-order valence-electron chi connectivity index (χ0n) is 21.5. The molecule has 4 rings (SSSR count). The lowest BCUT2D eigenvalue weighted by atomic mass is 9.95. The number of carboxylic acids is 1. The molecule has 1 N–H and O–H groups in total. The van der Waals surface area contributed by atoms with E-state index in [1.165, 1.54) is 30.1 Å². The number of rotatable bonds is 9.